The summed E-state index contributed by atoms with van der Waals surface area (Å²) in [5.41, 5.74) is 10.9. The standard InChI is InChI=1S/C28H22N2O4S/c1-32-18-13-11-17(12-14-18)22-23-25(19-9-5-6-10-21(19)33-28(23)31)34-26(29)24(22)27-30-20(15-35-27)16-7-3-2-4-8-16/h2-15,22-23,25H,29H2,1H3. The molecule has 0 amide bonds. The van der Waals surface area contributed by atoms with E-state index >= 15 is 0 Å². The van der Waals surface area contributed by atoms with E-state index in [1.54, 1.807) is 13.2 Å². The van der Waals surface area contributed by atoms with E-state index in [9.17, 15) is 4.79 Å². The quantitative estimate of drug-likeness (QED) is 0.304. The second kappa shape index (κ2) is 8.60. The maximum absolute atomic E-state index is 13.4. The van der Waals surface area contributed by atoms with Crippen LogP contribution >= 0.6 is 11.3 Å². The maximum Gasteiger partial charge on any atom is 0.319 e. The lowest BCUT2D eigenvalue weighted by Gasteiger charge is -2.41. The first-order valence-electron chi connectivity index (χ1n) is 11.3. The molecule has 2 aliphatic rings. The highest BCUT2D eigenvalue weighted by Crippen LogP contribution is 2.54. The molecule has 0 saturated carbocycles. The molecule has 0 saturated heterocycles. The Morgan fingerprint density at radius 3 is 2.49 bits per heavy atom. The van der Waals surface area contributed by atoms with Crippen LogP contribution in [0.2, 0.25) is 0 Å². The van der Waals surface area contributed by atoms with Crippen LogP contribution in [0, 0.1) is 5.92 Å². The second-order valence-electron chi connectivity index (χ2n) is 8.46. The highest BCUT2D eigenvalue weighted by Gasteiger charge is 2.50. The number of ether oxygens (including phenoxy) is 3. The van der Waals surface area contributed by atoms with E-state index in [1.807, 2.05) is 78.2 Å². The largest absolute Gasteiger partial charge is 0.497 e. The number of hydrogen-bond donors (Lipinski definition) is 1. The van der Waals surface area contributed by atoms with Crippen molar-refractivity contribution in [1.82, 2.24) is 4.98 Å². The lowest BCUT2D eigenvalue weighted by Crippen LogP contribution is -2.41. The van der Waals surface area contributed by atoms with Crippen molar-refractivity contribution >= 4 is 22.9 Å². The molecule has 0 fully saturated rings. The number of carbonyl (C=O) groups is 1. The summed E-state index contributed by atoms with van der Waals surface area (Å²) >= 11 is 1.48. The van der Waals surface area contributed by atoms with E-state index in [4.69, 9.17) is 24.9 Å². The fourth-order valence-electron chi connectivity index (χ4n) is 4.85. The van der Waals surface area contributed by atoms with Gasteiger partial charge in [0.15, 0.2) is 5.88 Å². The van der Waals surface area contributed by atoms with Gasteiger partial charge in [0.2, 0.25) is 0 Å². The molecule has 4 aromatic rings. The Balaban J connectivity index is 1.51. The maximum atomic E-state index is 13.4. The van der Waals surface area contributed by atoms with E-state index in [0.29, 0.717) is 16.3 Å². The molecule has 0 aliphatic carbocycles. The number of allylic oxidation sites excluding steroid dienone is 1. The van der Waals surface area contributed by atoms with E-state index < -0.39 is 17.9 Å². The van der Waals surface area contributed by atoms with Gasteiger partial charge in [-0.25, -0.2) is 4.98 Å². The Morgan fingerprint density at radius 2 is 1.71 bits per heavy atom. The Kier molecular flexibility index (Phi) is 5.26. The van der Waals surface area contributed by atoms with Crippen molar-refractivity contribution in [2.45, 2.75) is 12.0 Å². The SMILES string of the molecule is COc1ccc(C2C(c3nc(-c4ccccc4)cs3)=C(N)OC3c4ccccc4OC(=O)C32)cc1. The molecule has 6 nitrogen and oxygen atoms in total. The number of aromatic nitrogens is 1. The van der Waals surface area contributed by atoms with Crippen molar-refractivity contribution in [2.24, 2.45) is 11.7 Å². The molecule has 0 spiro atoms. The van der Waals surface area contributed by atoms with Gasteiger partial charge in [0.05, 0.1) is 18.4 Å². The number of nitrogens with two attached hydrogens (primary N) is 1. The molecule has 0 bridgehead atoms. The zero-order valence-corrected chi connectivity index (χ0v) is 19.7. The molecule has 174 valence electrons. The van der Waals surface area contributed by atoms with Gasteiger partial charge in [-0.1, -0.05) is 60.7 Å². The van der Waals surface area contributed by atoms with Gasteiger partial charge in [-0.05, 0) is 23.8 Å². The molecule has 1 aromatic heterocycles. The zero-order valence-electron chi connectivity index (χ0n) is 18.9. The normalized spacial score (nSPS) is 20.9. The van der Waals surface area contributed by atoms with Gasteiger partial charge < -0.3 is 19.9 Å². The van der Waals surface area contributed by atoms with Crippen molar-refractivity contribution in [3.05, 3.63) is 106 Å². The molecule has 3 heterocycles. The Morgan fingerprint density at radius 1 is 0.971 bits per heavy atom. The number of rotatable bonds is 4. The summed E-state index contributed by atoms with van der Waals surface area (Å²) in [4.78, 5) is 18.3. The number of para-hydroxylation sites is 1. The molecular formula is C28H22N2O4S. The predicted molar refractivity (Wildman–Crippen MR) is 134 cm³/mol. The van der Waals surface area contributed by atoms with Gasteiger partial charge in [0.1, 0.15) is 28.5 Å². The number of methoxy groups -OCH3 is 1. The molecule has 35 heavy (non-hydrogen) atoms. The van der Waals surface area contributed by atoms with Crippen LogP contribution in [0.5, 0.6) is 11.5 Å². The van der Waals surface area contributed by atoms with Gasteiger partial charge in [0.25, 0.3) is 0 Å². The summed E-state index contributed by atoms with van der Waals surface area (Å²) in [5, 5.41) is 2.71. The topological polar surface area (TPSA) is 83.7 Å². The van der Waals surface area contributed by atoms with Gasteiger partial charge in [-0.15, -0.1) is 11.3 Å². The van der Waals surface area contributed by atoms with Crippen LogP contribution in [0.15, 0.2) is 90.1 Å². The molecule has 0 radical (unpaired) electrons. The minimum atomic E-state index is -0.621. The van der Waals surface area contributed by atoms with Gasteiger partial charge in [-0.2, -0.15) is 0 Å². The van der Waals surface area contributed by atoms with E-state index in [-0.39, 0.29) is 11.9 Å². The highest BCUT2D eigenvalue weighted by molar-refractivity contribution is 7.11. The first-order chi connectivity index (χ1) is 17.1. The Labute approximate surface area is 206 Å². The summed E-state index contributed by atoms with van der Waals surface area (Å²) in [7, 11) is 1.62. The van der Waals surface area contributed by atoms with Crippen molar-refractivity contribution in [2.75, 3.05) is 7.11 Å². The van der Waals surface area contributed by atoms with Crippen LogP contribution in [0.4, 0.5) is 0 Å². The molecule has 3 atom stereocenters. The van der Waals surface area contributed by atoms with Gasteiger partial charge in [0, 0.05) is 22.4 Å². The van der Waals surface area contributed by atoms with Gasteiger partial charge >= 0.3 is 5.97 Å². The summed E-state index contributed by atoms with van der Waals surface area (Å²) in [6, 6.07) is 25.1. The number of nitrogens with zero attached hydrogens (tertiary/aromatic N) is 1. The molecule has 2 aliphatic heterocycles. The third kappa shape index (κ3) is 3.65. The van der Waals surface area contributed by atoms with Crippen molar-refractivity contribution < 1.29 is 19.0 Å². The van der Waals surface area contributed by atoms with Crippen LogP contribution in [-0.2, 0) is 9.53 Å². The number of thiazole rings is 1. The Bertz CT molecular complexity index is 1430. The zero-order chi connectivity index (χ0) is 23.9. The average molecular weight is 483 g/mol. The summed E-state index contributed by atoms with van der Waals surface area (Å²) in [5.74, 6) is 0.127. The number of carbonyl (C=O) groups excluding carboxylic acids is 1. The molecule has 6 rings (SSSR count). The number of hydrogen-bond acceptors (Lipinski definition) is 7. The van der Waals surface area contributed by atoms with E-state index in [0.717, 1.165) is 28.1 Å². The minimum Gasteiger partial charge on any atom is -0.497 e. The fourth-order valence-corrected chi connectivity index (χ4v) is 5.76. The summed E-state index contributed by atoms with van der Waals surface area (Å²) in [6.07, 6.45) is -0.558. The van der Waals surface area contributed by atoms with E-state index in [2.05, 4.69) is 0 Å². The lowest BCUT2D eigenvalue weighted by molar-refractivity contribution is -0.148. The highest BCUT2D eigenvalue weighted by atomic mass is 32.1. The van der Waals surface area contributed by atoms with Crippen molar-refractivity contribution in [3.8, 4) is 22.8 Å². The van der Waals surface area contributed by atoms with Crippen LogP contribution in [-0.4, -0.2) is 18.1 Å². The lowest BCUT2D eigenvalue weighted by atomic mass is 9.73. The van der Waals surface area contributed by atoms with E-state index in [1.165, 1.54) is 11.3 Å². The smallest absolute Gasteiger partial charge is 0.319 e. The van der Waals surface area contributed by atoms with Crippen molar-refractivity contribution in [1.29, 1.82) is 0 Å². The minimum absolute atomic E-state index is 0.269. The number of fused-ring (bicyclic) bond motifs is 3. The first kappa shape index (κ1) is 21.4. The average Bonchev–Trinajstić information content (AvgIpc) is 3.38. The molecule has 3 aromatic carbocycles. The molecule has 3 unspecified atom stereocenters. The molecular weight excluding hydrogens is 460 g/mol. The fraction of sp³-hybridized carbons (Fsp3) is 0.143. The van der Waals surface area contributed by atoms with Crippen molar-refractivity contribution in [3.63, 3.8) is 0 Å². The predicted octanol–water partition coefficient (Wildman–Crippen LogP) is 5.54. The van der Waals surface area contributed by atoms with Crippen LogP contribution < -0.4 is 15.2 Å². The molecule has 7 heteroatoms. The molecule has 2 N–H and O–H groups in total. The van der Waals surface area contributed by atoms with Gasteiger partial charge in [-0.3, -0.25) is 4.79 Å². The first-order valence-corrected chi connectivity index (χ1v) is 12.1. The Hall–Kier alpha value is -4.10. The summed E-state index contributed by atoms with van der Waals surface area (Å²) < 4.78 is 17.4. The second-order valence-corrected chi connectivity index (χ2v) is 9.31. The summed E-state index contributed by atoms with van der Waals surface area (Å²) in [6.45, 7) is 0. The van der Waals surface area contributed by atoms with Crippen LogP contribution in [0.3, 0.4) is 0 Å². The van der Waals surface area contributed by atoms with Crippen LogP contribution in [0.1, 0.15) is 28.2 Å². The van der Waals surface area contributed by atoms with Crippen LogP contribution in [0.25, 0.3) is 16.8 Å². The third-order valence-corrected chi connectivity index (χ3v) is 7.38. The number of esters is 1. The monoisotopic (exact) mass is 482 g/mol. The third-order valence-electron chi connectivity index (χ3n) is 6.50. The number of benzene rings is 3.